The van der Waals surface area contributed by atoms with Crippen molar-refractivity contribution < 1.29 is 29.3 Å². The van der Waals surface area contributed by atoms with E-state index in [1.165, 1.54) is 13.3 Å². The zero-order chi connectivity index (χ0) is 23.4. The highest BCUT2D eigenvalue weighted by molar-refractivity contribution is 5.88. The summed E-state index contributed by atoms with van der Waals surface area (Å²) in [6, 6.07) is 16.1. The van der Waals surface area contributed by atoms with E-state index < -0.39 is 24.3 Å². The molecule has 0 saturated carbocycles. The number of ether oxygens (including phenoxy) is 2. The average molecular weight is 451 g/mol. The molecule has 2 atom stereocenters. The molecule has 0 aliphatic heterocycles. The molecule has 9 heteroatoms. The Hall–Kier alpha value is -3.69. The maximum atomic E-state index is 12.2. The third-order valence-corrected chi connectivity index (χ3v) is 5.79. The van der Waals surface area contributed by atoms with E-state index in [0.717, 1.165) is 22.3 Å². The van der Waals surface area contributed by atoms with Crippen molar-refractivity contribution in [2.75, 3.05) is 20.3 Å². The van der Waals surface area contributed by atoms with Crippen LogP contribution in [0.1, 0.15) is 45.6 Å². The van der Waals surface area contributed by atoms with E-state index in [1.54, 1.807) is 0 Å². The average Bonchev–Trinajstić information content (AvgIpc) is 3.45. The molecule has 2 aromatic carbocycles. The molecule has 0 saturated heterocycles. The lowest BCUT2D eigenvalue weighted by atomic mass is 9.98. The fourth-order valence-electron chi connectivity index (χ4n) is 4.12. The zero-order valence-corrected chi connectivity index (χ0v) is 18.0. The van der Waals surface area contributed by atoms with Crippen LogP contribution in [0.15, 0.2) is 54.7 Å². The number of aromatic nitrogens is 2. The van der Waals surface area contributed by atoms with Crippen molar-refractivity contribution in [3.8, 4) is 11.1 Å². The third-order valence-electron chi connectivity index (χ3n) is 5.79. The largest absolute Gasteiger partial charge is 0.464 e. The van der Waals surface area contributed by atoms with Crippen molar-refractivity contribution in [3.63, 3.8) is 0 Å². The Kier molecular flexibility index (Phi) is 6.71. The van der Waals surface area contributed by atoms with Crippen LogP contribution in [0.4, 0.5) is 4.79 Å². The van der Waals surface area contributed by atoms with Crippen molar-refractivity contribution in [3.05, 3.63) is 77.1 Å². The molecule has 1 aromatic heterocycles. The molecule has 1 aliphatic carbocycles. The molecular weight excluding hydrogens is 426 g/mol. The van der Waals surface area contributed by atoms with Gasteiger partial charge in [-0.15, -0.1) is 0 Å². The Balaban J connectivity index is 1.28. The van der Waals surface area contributed by atoms with E-state index in [9.17, 15) is 19.8 Å². The monoisotopic (exact) mass is 451 g/mol. The molecule has 9 nitrogen and oxygen atoms in total. The van der Waals surface area contributed by atoms with Crippen molar-refractivity contribution >= 4 is 12.1 Å². The summed E-state index contributed by atoms with van der Waals surface area (Å²) >= 11 is 0. The molecule has 4 N–H and O–H groups in total. The minimum Gasteiger partial charge on any atom is -0.464 e. The molecule has 3 aromatic rings. The van der Waals surface area contributed by atoms with Crippen molar-refractivity contribution in [2.24, 2.45) is 0 Å². The van der Waals surface area contributed by atoms with Crippen LogP contribution in [-0.2, 0) is 9.47 Å². The Bertz CT molecular complexity index is 1100. The van der Waals surface area contributed by atoms with Gasteiger partial charge >= 0.3 is 12.1 Å². The van der Waals surface area contributed by atoms with Crippen LogP contribution in [0.5, 0.6) is 0 Å². The van der Waals surface area contributed by atoms with Crippen LogP contribution in [0, 0.1) is 0 Å². The molecule has 2 unspecified atom stereocenters. The van der Waals surface area contributed by atoms with E-state index >= 15 is 0 Å². The first-order chi connectivity index (χ1) is 16.0. The molecule has 0 fully saturated rings. The van der Waals surface area contributed by atoms with Crippen molar-refractivity contribution in [1.82, 2.24) is 15.5 Å². The van der Waals surface area contributed by atoms with Gasteiger partial charge in [0.25, 0.3) is 0 Å². The number of aliphatic hydroxyl groups excluding tert-OH is 2. The van der Waals surface area contributed by atoms with E-state index in [0.29, 0.717) is 0 Å². The molecule has 1 heterocycles. The predicted molar refractivity (Wildman–Crippen MR) is 119 cm³/mol. The summed E-state index contributed by atoms with van der Waals surface area (Å²) < 4.78 is 10.1. The quantitative estimate of drug-likeness (QED) is 0.387. The summed E-state index contributed by atoms with van der Waals surface area (Å²) in [6.07, 6.45) is -1.94. The maximum absolute atomic E-state index is 12.2. The number of methoxy groups -OCH3 is 1. The van der Waals surface area contributed by atoms with Crippen LogP contribution in [-0.4, -0.2) is 58.8 Å². The first kappa shape index (κ1) is 22.5. The van der Waals surface area contributed by atoms with Crippen molar-refractivity contribution in [1.29, 1.82) is 0 Å². The minimum atomic E-state index is -1.37. The fourth-order valence-corrected chi connectivity index (χ4v) is 4.12. The normalized spacial score (nSPS) is 14.2. The summed E-state index contributed by atoms with van der Waals surface area (Å²) in [6.45, 7) is 0.253. The minimum absolute atomic E-state index is 0.0338. The number of fused-ring (bicyclic) bond motifs is 3. The number of alkyl carbamates (subject to hydrolysis) is 1. The number of H-pyrrole nitrogens is 1. The SMILES string of the molecule is COC(=O)c1[nH]ncc1C(O)C(O)CCNC(=O)OCC1c2ccccc2-c2ccccc21. The number of aromatic amines is 1. The predicted octanol–water partition coefficient (Wildman–Crippen LogP) is 2.52. The molecule has 1 aliphatic rings. The summed E-state index contributed by atoms with van der Waals surface area (Å²) in [4.78, 5) is 23.9. The number of esters is 1. The first-order valence-electron chi connectivity index (χ1n) is 10.6. The second kappa shape index (κ2) is 9.85. The van der Waals surface area contributed by atoms with E-state index in [2.05, 4.69) is 32.4 Å². The number of hydrogen-bond acceptors (Lipinski definition) is 7. The molecular formula is C24H25N3O6. The van der Waals surface area contributed by atoms with Crippen LogP contribution >= 0.6 is 0 Å². The molecule has 0 spiro atoms. The van der Waals surface area contributed by atoms with Gasteiger partial charge in [0.2, 0.25) is 0 Å². The Morgan fingerprint density at radius 2 is 1.73 bits per heavy atom. The number of hydrogen-bond donors (Lipinski definition) is 4. The van der Waals surface area contributed by atoms with E-state index in [-0.39, 0.29) is 36.7 Å². The Morgan fingerprint density at radius 3 is 2.36 bits per heavy atom. The van der Waals surface area contributed by atoms with Crippen LogP contribution in [0.3, 0.4) is 0 Å². The number of rotatable bonds is 8. The number of amides is 1. The number of nitrogens with one attached hydrogen (secondary N) is 2. The molecule has 172 valence electrons. The van der Waals surface area contributed by atoms with Gasteiger partial charge in [-0.3, -0.25) is 5.10 Å². The lowest BCUT2D eigenvalue weighted by Gasteiger charge is -2.18. The Labute approximate surface area is 190 Å². The van der Waals surface area contributed by atoms with Gasteiger partial charge in [0.05, 0.1) is 19.4 Å². The highest BCUT2D eigenvalue weighted by Crippen LogP contribution is 2.44. The maximum Gasteiger partial charge on any atom is 0.407 e. The van der Waals surface area contributed by atoms with E-state index in [1.807, 2.05) is 36.4 Å². The molecule has 33 heavy (non-hydrogen) atoms. The van der Waals surface area contributed by atoms with Crippen molar-refractivity contribution in [2.45, 2.75) is 24.5 Å². The summed E-state index contributed by atoms with van der Waals surface area (Å²) in [5.41, 5.74) is 4.61. The van der Waals surface area contributed by atoms with E-state index in [4.69, 9.17) is 4.74 Å². The highest BCUT2D eigenvalue weighted by atomic mass is 16.5. The van der Waals surface area contributed by atoms with Gasteiger partial charge in [-0.2, -0.15) is 5.10 Å². The van der Waals surface area contributed by atoms with Crippen LogP contribution in [0.2, 0.25) is 0 Å². The highest BCUT2D eigenvalue weighted by Gasteiger charge is 2.29. The topological polar surface area (TPSA) is 134 Å². The molecule has 0 radical (unpaired) electrons. The number of carbonyl (C=O) groups is 2. The summed E-state index contributed by atoms with van der Waals surface area (Å²) in [7, 11) is 1.20. The lowest BCUT2D eigenvalue weighted by molar-refractivity contribution is 0.0125. The number of carbonyl (C=O) groups excluding carboxylic acids is 2. The zero-order valence-electron chi connectivity index (χ0n) is 18.0. The second-order valence-electron chi connectivity index (χ2n) is 7.75. The van der Waals surface area contributed by atoms with Gasteiger partial charge in [0.1, 0.15) is 18.4 Å². The van der Waals surface area contributed by atoms with Gasteiger partial charge < -0.3 is 25.0 Å². The number of aliphatic hydroxyl groups is 2. The lowest BCUT2D eigenvalue weighted by Crippen LogP contribution is -2.31. The number of nitrogens with zero attached hydrogens (tertiary/aromatic N) is 1. The van der Waals surface area contributed by atoms with Gasteiger partial charge in [-0.05, 0) is 28.7 Å². The van der Waals surface area contributed by atoms with Crippen LogP contribution < -0.4 is 5.32 Å². The van der Waals surface area contributed by atoms with Gasteiger partial charge in [0.15, 0.2) is 0 Å². The Morgan fingerprint density at radius 1 is 1.09 bits per heavy atom. The second-order valence-corrected chi connectivity index (χ2v) is 7.75. The summed E-state index contributed by atoms with van der Waals surface area (Å²) in [5, 5.41) is 29.3. The number of benzene rings is 2. The fraction of sp³-hybridized carbons (Fsp3) is 0.292. The van der Waals surface area contributed by atoms with Gasteiger partial charge in [-0.1, -0.05) is 48.5 Å². The van der Waals surface area contributed by atoms with Crippen LogP contribution in [0.25, 0.3) is 11.1 Å². The first-order valence-corrected chi connectivity index (χ1v) is 10.6. The van der Waals surface area contributed by atoms with Gasteiger partial charge in [0, 0.05) is 18.0 Å². The summed E-state index contributed by atoms with van der Waals surface area (Å²) in [5.74, 6) is -0.751. The van der Waals surface area contributed by atoms with Gasteiger partial charge in [-0.25, -0.2) is 9.59 Å². The molecule has 1 amide bonds. The molecule has 4 rings (SSSR count). The third kappa shape index (κ3) is 4.59. The standard InChI is InChI=1S/C24H25N3O6/c1-32-23(30)21-18(12-26-27-21)22(29)20(28)10-11-25-24(31)33-13-19-16-8-4-2-6-14(16)15-7-3-5-9-17(15)19/h2-9,12,19-20,22,28-29H,10-11,13H2,1H3,(H,25,31)(H,26,27). The molecule has 0 bridgehead atoms. The smallest absolute Gasteiger partial charge is 0.407 e.